The van der Waals surface area contributed by atoms with Crippen molar-refractivity contribution < 1.29 is 9.47 Å². The van der Waals surface area contributed by atoms with Gasteiger partial charge in [-0.15, -0.1) is 0 Å². The minimum absolute atomic E-state index is 0.242. The first-order valence-corrected chi connectivity index (χ1v) is 9.39. The number of hydrogen-bond donors (Lipinski definition) is 2. The first-order valence-electron chi connectivity index (χ1n) is 8.23. The molecule has 5 nitrogen and oxygen atoms in total. The zero-order valence-electron chi connectivity index (χ0n) is 15.3. The summed E-state index contributed by atoms with van der Waals surface area (Å²) < 4.78 is 11.2. The maximum atomic E-state index is 6.17. The largest absolute Gasteiger partial charge is 0.493 e. The molecule has 0 heterocycles. The molecule has 0 saturated heterocycles. The molecule has 2 aromatic carbocycles. The van der Waals surface area contributed by atoms with Crippen molar-refractivity contribution in [1.82, 2.24) is 10.7 Å². The van der Waals surface area contributed by atoms with E-state index in [0.717, 1.165) is 11.1 Å². The topological polar surface area (TPSA) is 54.9 Å². The highest BCUT2D eigenvalue weighted by Gasteiger charge is 2.08. The van der Waals surface area contributed by atoms with Gasteiger partial charge in [0, 0.05) is 21.7 Å². The van der Waals surface area contributed by atoms with Gasteiger partial charge in [0.25, 0.3) is 0 Å². The smallest absolute Gasteiger partial charge is 0.187 e. The lowest BCUT2D eigenvalue weighted by Gasteiger charge is -2.12. The van der Waals surface area contributed by atoms with E-state index in [9.17, 15) is 0 Å². The Labute approximate surface area is 174 Å². The van der Waals surface area contributed by atoms with E-state index in [-0.39, 0.29) is 6.04 Å². The van der Waals surface area contributed by atoms with Gasteiger partial charge in [-0.1, -0.05) is 29.3 Å². The van der Waals surface area contributed by atoms with Crippen molar-refractivity contribution in [3.63, 3.8) is 0 Å². The molecule has 0 atom stereocenters. The number of thiocarbonyl (C=S) groups is 1. The van der Waals surface area contributed by atoms with Crippen molar-refractivity contribution in [3.05, 3.63) is 57.6 Å². The third-order valence-corrected chi connectivity index (χ3v) is 4.18. The van der Waals surface area contributed by atoms with Gasteiger partial charge in [0.2, 0.25) is 0 Å². The minimum atomic E-state index is 0.242. The van der Waals surface area contributed by atoms with E-state index in [1.807, 2.05) is 38.1 Å². The normalized spacial score (nSPS) is 10.9. The van der Waals surface area contributed by atoms with E-state index in [1.54, 1.807) is 25.5 Å². The summed E-state index contributed by atoms with van der Waals surface area (Å²) in [6.45, 7) is 4.30. The van der Waals surface area contributed by atoms with Gasteiger partial charge in [-0.25, -0.2) is 0 Å². The van der Waals surface area contributed by atoms with Crippen LogP contribution in [0.2, 0.25) is 10.0 Å². The van der Waals surface area contributed by atoms with Gasteiger partial charge in [0.15, 0.2) is 16.6 Å². The second-order valence-electron chi connectivity index (χ2n) is 5.93. The summed E-state index contributed by atoms with van der Waals surface area (Å²) in [5, 5.41) is 8.76. The van der Waals surface area contributed by atoms with Gasteiger partial charge in [-0.05, 0) is 62.0 Å². The van der Waals surface area contributed by atoms with Gasteiger partial charge < -0.3 is 14.8 Å². The van der Waals surface area contributed by atoms with E-state index in [2.05, 4.69) is 15.8 Å². The number of ether oxygens (including phenoxy) is 2. The van der Waals surface area contributed by atoms with Crippen LogP contribution in [0.1, 0.15) is 25.0 Å². The molecular weight excluding hydrogens is 405 g/mol. The maximum absolute atomic E-state index is 6.17. The van der Waals surface area contributed by atoms with Crippen LogP contribution in [0.3, 0.4) is 0 Å². The van der Waals surface area contributed by atoms with Crippen LogP contribution in [0.15, 0.2) is 41.5 Å². The Morgan fingerprint density at radius 1 is 1.19 bits per heavy atom. The fraction of sp³-hybridized carbons (Fsp3) is 0.263. The highest BCUT2D eigenvalue weighted by atomic mass is 35.5. The fourth-order valence-corrected chi connectivity index (χ4v) is 2.89. The number of methoxy groups -OCH3 is 1. The molecule has 0 radical (unpaired) electrons. The molecule has 0 fully saturated rings. The lowest BCUT2D eigenvalue weighted by molar-refractivity contribution is 0.284. The quantitative estimate of drug-likeness (QED) is 0.379. The molecule has 144 valence electrons. The molecule has 2 aromatic rings. The van der Waals surface area contributed by atoms with E-state index >= 15 is 0 Å². The van der Waals surface area contributed by atoms with Crippen LogP contribution in [-0.2, 0) is 6.61 Å². The highest BCUT2D eigenvalue weighted by Crippen LogP contribution is 2.29. The van der Waals surface area contributed by atoms with Crippen LogP contribution in [0.4, 0.5) is 0 Å². The molecular formula is C19H21Cl2N3O2S. The number of hydrazone groups is 1. The third-order valence-electron chi connectivity index (χ3n) is 3.39. The second kappa shape index (κ2) is 10.3. The van der Waals surface area contributed by atoms with Crippen molar-refractivity contribution >= 4 is 46.7 Å². The van der Waals surface area contributed by atoms with Crippen LogP contribution in [0.25, 0.3) is 0 Å². The van der Waals surface area contributed by atoms with Gasteiger partial charge in [0.05, 0.1) is 13.3 Å². The van der Waals surface area contributed by atoms with E-state index in [1.165, 1.54) is 0 Å². The number of nitrogens with zero attached hydrogens (tertiary/aromatic N) is 1. The van der Waals surface area contributed by atoms with E-state index in [4.69, 9.17) is 44.9 Å². The zero-order chi connectivity index (χ0) is 19.8. The lowest BCUT2D eigenvalue weighted by Crippen LogP contribution is -2.36. The molecule has 0 saturated carbocycles. The number of benzene rings is 2. The Bertz CT molecular complexity index is 829. The summed E-state index contributed by atoms with van der Waals surface area (Å²) in [6, 6.07) is 11.0. The maximum Gasteiger partial charge on any atom is 0.187 e. The summed E-state index contributed by atoms with van der Waals surface area (Å²) in [5.74, 6) is 1.19. The molecule has 0 bridgehead atoms. The van der Waals surface area contributed by atoms with Crippen LogP contribution in [0.5, 0.6) is 11.5 Å². The van der Waals surface area contributed by atoms with E-state index in [0.29, 0.717) is 33.3 Å². The SMILES string of the molecule is COc1cc(C=NNC(=S)NC(C)C)ccc1OCc1ccc(Cl)cc1Cl. The molecule has 0 amide bonds. The van der Waals surface area contributed by atoms with E-state index < -0.39 is 0 Å². The van der Waals surface area contributed by atoms with Crippen molar-refractivity contribution in [3.8, 4) is 11.5 Å². The minimum Gasteiger partial charge on any atom is -0.493 e. The van der Waals surface area contributed by atoms with Crippen molar-refractivity contribution in [2.45, 2.75) is 26.5 Å². The number of rotatable bonds is 7. The molecule has 0 aliphatic rings. The average Bonchev–Trinajstić information content (AvgIpc) is 2.61. The third kappa shape index (κ3) is 6.90. The predicted molar refractivity (Wildman–Crippen MR) is 115 cm³/mol. The van der Waals surface area contributed by atoms with Crippen LogP contribution in [-0.4, -0.2) is 24.5 Å². The molecule has 0 aliphatic carbocycles. The number of nitrogens with one attached hydrogen (secondary N) is 2. The monoisotopic (exact) mass is 425 g/mol. The second-order valence-corrected chi connectivity index (χ2v) is 7.18. The number of hydrogen-bond acceptors (Lipinski definition) is 4. The van der Waals surface area contributed by atoms with Gasteiger partial charge in [-0.3, -0.25) is 5.43 Å². The van der Waals surface area contributed by atoms with Crippen molar-refractivity contribution in [1.29, 1.82) is 0 Å². The summed E-state index contributed by atoms with van der Waals surface area (Å²) in [4.78, 5) is 0. The molecule has 8 heteroatoms. The van der Waals surface area contributed by atoms with Crippen molar-refractivity contribution in [2.24, 2.45) is 5.10 Å². The molecule has 0 unspecified atom stereocenters. The fourth-order valence-electron chi connectivity index (χ4n) is 2.14. The Morgan fingerprint density at radius 3 is 2.63 bits per heavy atom. The lowest BCUT2D eigenvalue weighted by atomic mass is 10.2. The van der Waals surface area contributed by atoms with Crippen LogP contribution >= 0.6 is 35.4 Å². The van der Waals surface area contributed by atoms with Crippen LogP contribution < -0.4 is 20.2 Å². The average molecular weight is 426 g/mol. The van der Waals surface area contributed by atoms with Crippen molar-refractivity contribution in [2.75, 3.05) is 7.11 Å². The first kappa shape index (κ1) is 21.3. The molecule has 0 spiro atoms. The number of halogens is 2. The predicted octanol–water partition coefficient (Wildman–Crippen LogP) is 4.79. The first-order chi connectivity index (χ1) is 12.9. The molecule has 2 N–H and O–H groups in total. The summed E-state index contributed by atoms with van der Waals surface area (Å²) in [6.07, 6.45) is 1.65. The van der Waals surface area contributed by atoms with Gasteiger partial charge in [-0.2, -0.15) is 5.10 Å². The summed E-state index contributed by atoms with van der Waals surface area (Å²) in [7, 11) is 1.58. The zero-order valence-corrected chi connectivity index (χ0v) is 17.6. The molecule has 27 heavy (non-hydrogen) atoms. The Morgan fingerprint density at radius 2 is 1.96 bits per heavy atom. The molecule has 0 aromatic heterocycles. The Hall–Kier alpha value is -2.02. The Kier molecular flexibility index (Phi) is 8.16. The summed E-state index contributed by atoms with van der Waals surface area (Å²) in [5.41, 5.74) is 4.44. The molecule has 0 aliphatic heterocycles. The van der Waals surface area contributed by atoms with Gasteiger partial charge >= 0.3 is 0 Å². The van der Waals surface area contributed by atoms with Gasteiger partial charge in [0.1, 0.15) is 6.61 Å². The van der Waals surface area contributed by atoms with Crippen LogP contribution in [0, 0.1) is 0 Å². The highest BCUT2D eigenvalue weighted by molar-refractivity contribution is 7.80. The standard InChI is InChI=1S/C19H21Cl2N3O2S/c1-12(2)23-19(27)24-22-10-13-4-7-17(18(8-13)25-3)26-11-14-5-6-15(20)9-16(14)21/h4-10,12H,11H2,1-3H3,(H2,23,24,27). The summed E-state index contributed by atoms with van der Waals surface area (Å²) >= 11 is 17.2. The molecule has 2 rings (SSSR count). The Balaban J connectivity index is 2.01.